The molecule has 3 aromatic heterocycles. The van der Waals surface area contributed by atoms with Gasteiger partial charge in [-0.05, 0) is 68.7 Å². The van der Waals surface area contributed by atoms with Crippen LogP contribution < -0.4 is 11.1 Å². The normalized spacial score (nSPS) is 14.8. The number of hydrogen-bond donors (Lipinski definition) is 2. The van der Waals surface area contributed by atoms with E-state index in [-0.39, 0.29) is 5.91 Å². The molecule has 33 heavy (non-hydrogen) atoms. The molecular weight excluding hydrogens is 414 g/mol. The van der Waals surface area contributed by atoms with Crippen molar-refractivity contribution < 1.29 is 4.79 Å². The highest BCUT2D eigenvalue weighted by Gasteiger charge is 2.34. The van der Waals surface area contributed by atoms with Gasteiger partial charge in [-0.1, -0.05) is 5.57 Å². The number of allylic oxidation sites excluding steroid dienone is 1. The van der Waals surface area contributed by atoms with Gasteiger partial charge >= 0.3 is 0 Å². The molecule has 0 aromatic carbocycles. The Hall–Kier alpha value is -4.30. The Morgan fingerprint density at radius 1 is 1.18 bits per heavy atom. The van der Waals surface area contributed by atoms with Crippen LogP contribution in [0.15, 0.2) is 47.9 Å². The van der Waals surface area contributed by atoms with Gasteiger partial charge in [0, 0.05) is 35.1 Å². The van der Waals surface area contributed by atoms with Gasteiger partial charge in [-0.3, -0.25) is 9.78 Å². The van der Waals surface area contributed by atoms with Crippen molar-refractivity contribution in [3.05, 3.63) is 53.5 Å². The fraction of sp³-hybridized carbons (Fsp3) is 0.280. The Kier molecular flexibility index (Phi) is 5.76. The summed E-state index contributed by atoms with van der Waals surface area (Å²) in [6.45, 7) is 3.75. The van der Waals surface area contributed by atoms with Crippen LogP contribution in [0.3, 0.4) is 0 Å². The number of amides is 1. The lowest BCUT2D eigenvalue weighted by molar-refractivity contribution is -0.112. The number of carbonyl (C=O) groups is 1. The Morgan fingerprint density at radius 3 is 2.58 bits per heavy atom. The standard InChI is InChI=1S/C25H23N7O/c1-15-5-8-29-11-19(15)21-9-18-10-22(30-12-20(18)23(28)31-21)32-24(33)16(2)17-3-6-25(13-26,14-27)7-4-17/h5,8-12H,3-4,6-7H2,1-2H3,(H2,28,31)(H,30,32,33). The van der Waals surface area contributed by atoms with Crippen LogP contribution in [-0.4, -0.2) is 20.9 Å². The van der Waals surface area contributed by atoms with Gasteiger partial charge in [-0.2, -0.15) is 10.5 Å². The SMILES string of the molecule is CC(C(=O)Nc1cc2cc(-c3cnccc3C)nc(N)c2cn1)=C1CCC(C#N)(C#N)CC1. The number of nitrogen functional groups attached to an aromatic ring is 1. The zero-order valence-electron chi connectivity index (χ0n) is 18.5. The molecule has 0 bridgehead atoms. The van der Waals surface area contributed by atoms with Crippen molar-refractivity contribution in [2.24, 2.45) is 5.41 Å². The number of aromatic nitrogens is 3. The second-order valence-corrected chi connectivity index (χ2v) is 8.36. The molecule has 3 heterocycles. The molecule has 8 nitrogen and oxygen atoms in total. The summed E-state index contributed by atoms with van der Waals surface area (Å²) in [6, 6.07) is 9.84. The number of nitrogens with two attached hydrogens (primary N) is 1. The molecule has 1 amide bonds. The van der Waals surface area contributed by atoms with Crippen LogP contribution >= 0.6 is 0 Å². The molecule has 0 radical (unpaired) electrons. The van der Waals surface area contributed by atoms with Gasteiger partial charge in [0.05, 0.1) is 17.8 Å². The lowest BCUT2D eigenvalue weighted by atomic mass is 9.73. The quantitative estimate of drug-likeness (QED) is 0.577. The van der Waals surface area contributed by atoms with Crippen molar-refractivity contribution in [2.45, 2.75) is 39.5 Å². The number of nitrogens with one attached hydrogen (secondary N) is 1. The highest BCUT2D eigenvalue weighted by Crippen LogP contribution is 2.39. The molecular formula is C25H23N7O. The summed E-state index contributed by atoms with van der Waals surface area (Å²) in [7, 11) is 0. The maximum atomic E-state index is 12.9. The molecule has 0 atom stereocenters. The van der Waals surface area contributed by atoms with Crippen LogP contribution in [-0.2, 0) is 4.79 Å². The summed E-state index contributed by atoms with van der Waals surface area (Å²) < 4.78 is 0. The molecule has 0 spiro atoms. The van der Waals surface area contributed by atoms with Crippen LogP contribution in [0.5, 0.6) is 0 Å². The van der Waals surface area contributed by atoms with E-state index < -0.39 is 5.41 Å². The van der Waals surface area contributed by atoms with E-state index in [1.54, 1.807) is 31.6 Å². The average molecular weight is 438 g/mol. The average Bonchev–Trinajstić information content (AvgIpc) is 2.83. The van der Waals surface area contributed by atoms with Crippen molar-refractivity contribution in [2.75, 3.05) is 11.1 Å². The van der Waals surface area contributed by atoms with E-state index in [2.05, 4.69) is 32.4 Å². The number of pyridine rings is 3. The summed E-state index contributed by atoms with van der Waals surface area (Å²) in [4.78, 5) is 25.9. The molecule has 1 fully saturated rings. The minimum absolute atomic E-state index is 0.247. The van der Waals surface area contributed by atoms with E-state index in [0.717, 1.165) is 22.1 Å². The predicted octanol–water partition coefficient (Wildman–Crippen LogP) is 4.44. The van der Waals surface area contributed by atoms with Crippen LogP contribution in [0.1, 0.15) is 38.2 Å². The van der Waals surface area contributed by atoms with Crippen LogP contribution in [0, 0.1) is 35.0 Å². The van der Waals surface area contributed by atoms with Gasteiger partial charge in [-0.25, -0.2) is 9.97 Å². The highest BCUT2D eigenvalue weighted by atomic mass is 16.1. The fourth-order valence-corrected chi connectivity index (χ4v) is 4.09. The summed E-state index contributed by atoms with van der Waals surface area (Å²) in [5.74, 6) is 0.518. The minimum Gasteiger partial charge on any atom is -0.383 e. The number of aryl methyl sites for hydroxylation is 1. The highest BCUT2D eigenvalue weighted by molar-refractivity contribution is 6.04. The molecule has 0 aliphatic heterocycles. The van der Waals surface area contributed by atoms with Gasteiger partial charge in [0.15, 0.2) is 0 Å². The van der Waals surface area contributed by atoms with E-state index in [9.17, 15) is 15.3 Å². The van der Waals surface area contributed by atoms with E-state index >= 15 is 0 Å². The third kappa shape index (κ3) is 4.24. The zero-order chi connectivity index (χ0) is 23.6. The second-order valence-electron chi connectivity index (χ2n) is 8.36. The van der Waals surface area contributed by atoms with Gasteiger partial charge in [0.1, 0.15) is 17.1 Å². The van der Waals surface area contributed by atoms with Crippen molar-refractivity contribution in [3.63, 3.8) is 0 Å². The largest absolute Gasteiger partial charge is 0.383 e. The molecule has 164 valence electrons. The lowest BCUT2D eigenvalue weighted by Crippen LogP contribution is -2.23. The number of hydrogen-bond acceptors (Lipinski definition) is 7. The first-order valence-corrected chi connectivity index (χ1v) is 10.7. The van der Waals surface area contributed by atoms with E-state index in [4.69, 9.17) is 5.73 Å². The second kappa shape index (κ2) is 8.68. The molecule has 0 saturated heterocycles. The maximum Gasteiger partial charge on any atom is 0.252 e. The van der Waals surface area contributed by atoms with E-state index in [1.807, 2.05) is 19.1 Å². The summed E-state index contributed by atoms with van der Waals surface area (Å²) >= 11 is 0. The van der Waals surface area contributed by atoms with Crippen LogP contribution in [0.4, 0.5) is 11.6 Å². The summed E-state index contributed by atoms with van der Waals surface area (Å²) in [5, 5.41) is 22.9. The number of carbonyl (C=O) groups excluding carboxylic acids is 1. The van der Waals surface area contributed by atoms with Crippen molar-refractivity contribution in [1.82, 2.24) is 15.0 Å². The van der Waals surface area contributed by atoms with Crippen molar-refractivity contribution >= 4 is 28.3 Å². The third-order valence-corrected chi connectivity index (χ3v) is 6.31. The van der Waals surface area contributed by atoms with Gasteiger partial charge in [-0.15, -0.1) is 0 Å². The Bertz CT molecular complexity index is 1350. The Morgan fingerprint density at radius 2 is 1.91 bits per heavy atom. The molecule has 3 aromatic rings. The molecule has 3 N–H and O–H groups in total. The fourth-order valence-electron chi connectivity index (χ4n) is 4.09. The van der Waals surface area contributed by atoms with Crippen molar-refractivity contribution in [1.29, 1.82) is 10.5 Å². The van der Waals surface area contributed by atoms with Crippen LogP contribution in [0.2, 0.25) is 0 Å². The first-order valence-electron chi connectivity index (χ1n) is 10.7. The summed E-state index contributed by atoms with van der Waals surface area (Å²) in [5.41, 5.74) is 9.42. The molecule has 1 aliphatic carbocycles. The number of nitriles is 2. The lowest BCUT2D eigenvalue weighted by Gasteiger charge is -2.26. The number of nitrogens with zero attached hydrogens (tertiary/aromatic N) is 5. The van der Waals surface area contributed by atoms with Gasteiger partial charge in [0.25, 0.3) is 5.91 Å². The van der Waals surface area contributed by atoms with Crippen LogP contribution in [0.25, 0.3) is 22.0 Å². The first-order chi connectivity index (χ1) is 15.9. The van der Waals surface area contributed by atoms with Gasteiger partial charge in [0.2, 0.25) is 0 Å². The minimum atomic E-state index is -0.946. The zero-order valence-corrected chi connectivity index (χ0v) is 18.5. The van der Waals surface area contributed by atoms with E-state index in [1.165, 1.54) is 0 Å². The van der Waals surface area contributed by atoms with Gasteiger partial charge < -0.3 is 11.1 Å². The topological polar surface area (TPSA) is 141 Å². The number of anilines is 2. The monoisotopic (exact) mass is 437 g/mol. The number of fused-ring (bicyclic) bond motifs is 1. The predicted molar refractivity (Wildman–Crippen MR) is 125 cm³/mol. The summed E-state index contributed by atoms with van der Waals surface area (Å²) in [6.07, 6.45) is 7.08. The molecule has 8 heteroatoms. The molecule has 1 aliphatic rings. The van der Waals surface area contributed by atoms with Crippen molar-refractivity contribution in [3.8, 4) is 23.4 Å². The number of rotatable bonds is 3. The smallest absolute Gasteiger partial charge is 0.252 e. The van der Waals surface area contributed by atoms with E-state index in [0.29, 0.717) is 54.0 Å². The molecule has 0 unspecified atom stereocenters. The Labute approximate surface area is 191 Å². The Balaban J connectivity index is 1.59. The molecule has 4 rings (SSSR count). The first kappa shape index (κ1) is 21.9. The third-order valence-electron chi connectivity index (χ3n) is 6.31. The molecule has 1 saturated carbocycles. The maximum absolute atomic E-state index is 12.9.